The summed E-state index contributed by atoms with van der Waals surface area (Å²) in [6.45, 7) is 1.95. The van der Waals surface area contributed by atoms with Crippen molar-refractivity contribution in [3.8, 4) is 17.2 Å². The molecule has 0 radical (unpaired) electrons. The molecule has 184 valence electrons. The number of hydrogen-bond donors (Lipinski definition) is 0. The van der Waals surface area contributed by atoms with Gasteiger partial charge in [-0.05, 0) is 72.8 Å². The molecule has 2 amide bonds. The topological polar surface area (TPSA) is 82.1 Å². The average molecular weight is 508 g/mol. The lowest BCUT2D eigenvalue weighted by Gasteiger charge is -2.13. The number of methoxy groups -OCH3 is 1. The molecule has 0 aliphatic carbocycles. The molecule has 0 saturated carbocycles. The van der Waals surface area contributed by atoms with Gasteiger partial charge in [-0.25, -0.2) is 9.18 Å². The molecule has 1 fully saturated rings. The number of carbonyl (C=O) groups excluding carboxylic acids is 3. The molecule has 9 heteroatoms. The van der Waals surface area contributed by atoms with Crippen LogP contribution in [0, 0.1) is 5.82 Å². The van der Waals surface area contributed by atoms with Crippen LogP contribution in [0.4, 0.5) is 9.18 Å². The second-order valence-electron chi connectivity index (χ2n) is 7.62. The third kappa shape index (κ3) is 5.58. The Balaban J connectivity index is 1.53. The van der Waals surface area contributed by atoms with E-state index in [-0.39, 0.29) is 22.8 Å². The summed E-state index contributed by atoms with van der Waals surface area (Å²) >= 11 is 0.776. The van der Waals surface area contributed by atoms with E-state index >= 15 is 0 Å². The Morgan fingerprint density at radius 2 is 1.78 bits per heavy atom. The Morgan fingerprint density at radius 1 is 1.03 bits per heavy atom. The predicted molar refractivity (Wildman–Crippen MR) is 133 cm³/mol. The highest BCUT2D eigenvalue weighted by Gasteiger charge is 2.35. The average Bonchev–Trinajstić information content (AvgIpc) is 3.14. The fraction of sp³-hybridized carbons (Fsp3) is 0.148. The van der Waals surface area contributed by atoms with Crippen LogP contribution in [0.5, 0.6) is 17.2 Å². The first kappa shape index (κ1) is 25.0. The van der Waals surface area contributed by atoms with Crippen LogP contribution in [0.2, 0.25) is 0 Å². The van der Waals surface area contributed by atoms with Crippen molar-refractivity contribution in [3.63, 3.8) is 0 Å². The highest BCUT2D eigenvalue weighted by Crippen LogP contribution is 2.36. The molecule has 1 heterocycles. The van der Waals surface area contributed by atoms with Crippen LogP contribution in [-0.2, 0) is 11.3 Å². The van der Waals surface area contributed by atoms with Gasteiger partial charge in [-0.2, -0.15) is 0 Å². The second-order valence-corrected chi connectivity index (χ2v) is 8.61. The van der Waals surface area contributed by atoms with Gasteiger partial charge in [-0.15, -0.1) is 0 Å². The zero-order valence-electron chi connectivity index (χ0n) is 19.5. The van der Waals surface area contributed by atoms with Gasteiger partial charge in [0.25, 0.3) is 11.1 Å². The molecule has 36 heavy (non-hydrogen) atoms. The van der Waals surface area contributed by atoms with Gasteiger partial charge < -0.3 is 14.2 Å². The monoisotopic (exact) mass is 507 g/mol. The fourth-order valence-electron chi connectivity index (χ4n) is 3.44. The summed E-state index contributed by atoms with van der Waals surface area (Å²) in [5, 5.41) is -0.482. The molecular formula is C27H22FNO6S. The van der Waals surface area contributed by atoms with E-state index in [1.807, 2.05) is 0 Å². The Morgan fingerprint density at radius 3 is 2.47 bits per heavy atom. The number of rotatable bonds is 8. The van der Waals surface area contributed by atoms with Gasteiger partial charge in [0, 0.05) is 5.56 Å². The maximum atomic E-state index is 14.0. The van der Waals surface area contributed by atoms with Crippen LogP contribution in [0.3, 0.4) is 0 Å². The Hall–Kier alpha value is -4.11. The number of amides is 2. The van der Waals surface area contributed by atoms with Crippen molar-refractivity contribution in [3.05, 3.63) is 94.1 Å². The zero-order valence-corrected chi connectivity index (χ0v) is 20.3. The molecule has 0 bridgehead atoms. The molecule has 0 aromatic heterocycles. The van der Waals surface area contributed by atoms with Gasteiger partial charge in [0.15, 0.2) is 11.5 Å². The number of benzene rings is 3. The first-order valence-electron chi connectivity index (χ1n) is 11.0. The van der Waals surface area contributed by atoms with Gasteiger partial charge >= 0.3 is 5.97 Å². The van der Waals surface area contributed by atoms with E-state index in [1.165, 1.54) is 19.2 Å². The van der Waals surface area contributed by atoms with Crippen molar-refractivity contribution >= 4 is 35.0 Å². The molecule has 1 aliphatic heterocycles. The molecule has 0 N–H and O–H groups in total. The third-order valence-corrected chi connectivity index (χ3v) is 6.16. The van der Waals surface area contributed by atoms with Crippen LogP contribution >= 0.6 is 11.8 Å². The van der Waals surface area contributed by atoms with Gasteiger partial charge in [-0.1, -0.05) is 24.3 Å². The second kappa shape index (κ2) is 11.1. The van der Waals surface area contributed by atoms with E-state index in [9.17, 15) is 18.8 Å². The van der Waals surface area contributed by atoms with Crippen LogP contribution in [0.1, 0.15) is 28.4 Å². The van der Waals surface area contributed by atoms with Gasteiger partial charge in [-0.3, -0.25) is 14.5 Å². The van der Waals surface area contributed by atoms with E-state index in [0.29, 0.717) is 29.2 Å². The number of esters is 1. The maximum Gasteiger partial charge on any atom is 0.343 e. The van der Waals surface area contributed by atoms with E-state index in [0.717, 1.165) is 16.7 Å². The third-order valence-electron chi connectivity index (χ3n) is 5.25. The van der Waals surface area contributed by atoms with E-state index in [1.54, 1.807) is 67.6 Å². The van der Waals surface area contributed by atoms with Crippen molar-refractivity contribution in [2.24, 2.45) is 0 Å². The van der Waals surface area contributed by atoms with Gasteiger partial charge in [0.2, 0.25) is 0 Å². The lowest BCUT2D eigenvalue weighted by atomic mass is 10.1. The minimum Gasteiger partial charge on any atom is -0.497 e. The predicted octanol–water partition coefficient (Wildman–Crippen LogP) is 5.69. The van der Waals surface area contributed by atoms with Crippen molar-refractivity contribution in [1.29, 1.82) is 0 Å². The minimum absolute atomic E-state index is 0.154. The number of ether oxygens (including phenoxy) is 3. The molecule has 7 nitrogen and oxygen atoms in total. The molecule has 0 spiro atoms. The SMILES string of the molecule is CCOc1cc(/C=C2\SC(=O)N(Cc3ccccc3F)C2=O)ccc1OC(=O)c1ccc(OC)cc1. The fourth-order valence-corrected chi connectivity index (χ4v) is 4.28. The number of carbonyl (C=O) groups is 3. The standard InChI is InChI=1S/C27H22FNO6S/c1-3-34-23-14-17(8-13-22(23)35-26(31)18-9-11-20(33-2)12-10-18)15-24-25(30)29(27(32)36-24)16-19-6-4-5-7-21(19)28/h4-15H,3,16H2,1-2H3/b24-15-. The first-order valence-corrected chi connectivity index (χ1v) is 11.8. The number of nitrogens with zero attached hydrogens (tertiary/aromatic N) is 1. The minimum atomic E-state index is -0.569. The summed E-state index contributed by atoms with van der Waals surface area (Å²) in [7, 11) is 1.53. The lowest BCUT2D eigenvalue weighted by Crippen LogP contribution is -2.27. The van der Waals surface area contributed by atoms with Crippen LogP contribution in [0.25, 0.3) is 6.08 Å². The highest BCUT2D eigenvalue weighted by molar-refractivity contribution is 8.18. The number of hydrogen-bond acceptors (Lipinski definition) is 7. The quantitative estimate of drug-likeness (QED) is 0.220. The van der Waals surface area contributed by atoms with Crippen molar-refractivity contribution in [2.45, 2.75) is 13.5 Å². The first-order chi connectivity index (χ1) is 17.4. The van der Waals surface area contributed by atoms with E-state index < -0.39 is 22.9 Å². The van der Waals surface area contributed by atoms with Crippen LogP contribution in [-0.4, -0.2) is 35.7 Å². The summed E-state index contributed by atoms with van der Waals surface area (Å²) in [6, 6.07) is 17.3. The smallest absolute Gasteiger partial charge is 0.343 e. The Labute approximate surface area is 211 Å². The Bertz CT molecular complexity index is 1340. The maximum absolute atomic E-state index is 14.0. The Kier molecular flexibility index (Phi) is 7.70. The molecular weight excluding hydrogens is 485 g/mol. The summed E-state index contributed by atoms with van der Waals surface area (Å²) < 4.78 is 30.3. The molecule has 0 atom stereocenters. The summed E-state index contributed by atoms with van der Waals surface area (Å²) in [5.41, 5.74) is 1.16. The largest absolute Gasteiger partial charge is 0.497 e. The van der Waals surface area contributed by atoms with Crippen molar-refractivity contribution < 1.29 is 33.0 Å². The normalized spacial score (nSPS) is 14.3. The molecule has 1 aliphatic rings. The van der Waals surface area contributed by atoms with Crippen molar-refractivity contribution in [2.75, 3.05) is 13.7 Å². The molecule has 1 saturated heterocycles. The van der Waals surface area contributed by atoms with E-state index in [4.69, 9.17) is 14.2 Å². The molecule has 3 aromatic rings. The number of halogens is 1. The molecule has 3 aromatic carbocycles. The van der Waals surface area contributed by atoms with Crippen LogP contribution < -0.4 is 14.2 Å². The summed E-state index contributed by atoms with van der Waals surface area (Å²) in [6.07, 6.45) is 1.55. The summed E-state index contributed by atoms with van der Waals surface area (Å²) in [5.74, 6) is -0.436. The van der Waals surface area contributed by atoms with E-state index in [2.05, 4.69) is 0 Å². The van der Waals surface area contributed by atoms with Gasteiger partial charge in [0.05, 0.1) is 30.7 Å². The molecule has 4 rings (SSSR count). The zero-order chi connectivity index (χ0) is 25.7. The molecule has 0 unspecified atom stereocenters. The number of thioether (sulfide) groups is 1. The summed E-state index contributed by atoms with van der Waals surface area (Å²) in [4.78, 5) is 39.1. The number of imide groups is 1. The highest BCUT2D eigenvalue weighted by atomic mass is 32.2. The van der Waals surface area contributed by atoms with Gasteiger partial charge in [0.1, 0.15) is 11.6 Å². The van der Waals surface area contributed by atoms with Crippen molar-refractivity contribution in [1.82, 2.24) is 4.90 Å². The lowest BCUT2D eigenvalue weighted by molar-refractivity contribution is -0.123. The van der Waals surface area contributed by atoms with Crippen LogP contribution in [0.15, 0.2) is 71.6 Å².